The molecule has 1 aromatic heterocycles. The zero-order valence-corrected chi connectivity index (χ0v) is 13.7. The Morgan fingerprint density at radius 1 is 1.14 bits per heavy atom. The topological polar surface area (TPSA) is 29.9 Å². The maximum Gasteiger partial charge on any atom is 0.0702 e. The lowest BCUT2D eigenvalue weighted by molar-refractivity contribution is 0.675. The molecule has 2 rings (SSSR count). The molecule has 114 valence electrons. The molecular weight excluding hydrogens is 258 g/mol. The molecule has 0 fully saturated rings. The molecule has 0 radical (unpaired) electrons. The van der Waals surface area contributed by atoms with Crippen molar-refractivity contribution >= 4 is 0 Å². The lowest BCUT2D eigenvalue weighted by Crippen LogP contribution is -2.13. The highest BCUT2D eigenvalue weighted by Crippen LogP contribution is 2.27. The van der Waals surface area contributed by atoms with E-state index in [1.165, 1.54) is 34.4 Å². The monoisotopic (exact) mass is 285 g/mol. The number of nitrogens with zero attached hydrogens (tertiary/aromatic N) is 2. The Labute approximate surface area is 128 Å². The van der Waals surface area contributed by atoms with Gasteiger partial charge in [0.25, 0.3) is 0 Å². The van der Waals surface area contributed by atoms with Gasteiger partial charge in [-0.25, -0.2) is 0 Å². The van der Waals surface area contributed by atoms with Crippen LogP contribution >= 0.6 is 0 Å². The van der Waals surface area contributed by atoms with Crippen molar-refractivity contribution in [1.29, 1.82) is 0 Å². The van der Waals surface area contributed by atoms with Crippen LogP contribution in [0.4, 0.5) is 0 Å². The Morgan fingerprint density at radius 2 is 1.95 bits per heavy atom. The summed E-state index contributed by atoms with van der Waals surface area (Å²) in [4.78, 5) is 0. The standard InChI is InChI=1S/C18H27N3/c1-5-7-18-17(13-21(4)20-18)16-9-8-15(11-14(16)3)12-19-10-6-2/h8-9,11,13,19H,5-7,10,12H2,1-4H3. The van der Waals surface area contributed by atoms with E-state index in [9.17, 15) is 0 Å². The van der Waals surface area contributed by atoms with Crippen molar-refractivity contribution in [2.45, 2.75) is 46.6 Å². The van der Waals surface area contributed by atoms with E-state index < -0.39 is 0 Å². The van der Waals surface area contributed by atoms with E-state index in [-0.39, 0.29) is 0 Å². The third kappa shape index (κ3) is 3.94. The van der Waals surface area contributed by atoms with Crippen LogP contribution in [0, 0.1) is 6.92 Å². The van der Waals surface area contributed by atoms with E-state index >= 15 is 0 Å². The zero-order valence-electron chi connectivity index (χ0n) is 13.7. The molecule has 0 saturated heterocycles. The first-order valence-corrected chi connectivity index (χ1v) is 7.98. The molecule has 0 spiro atoms. The quantitative estimate of drug-likeness (QED) is 0.783. The van der Waals surface area contributed by atoms with Crippen LogP contribution in [0.2, 0.25) is 0 Å². The number of hydrogen-bond donors (Lipinski definition) is 1. The molecule has 2 aromatic rings. The average Bonchev–Trinajstić information content (AvgIpc) is 2.80. The van der Waals surface area contributed by atoms with Crippen molar-refractivity contribution in [3.8, 4) is 11.1 Å². The van der Waals surface area contributed by atoms with Crippen molar-refractivity contribution < 1.29 is 0 Å². The van der Waals surface area contributed by atoms with E-state index in [4.69, 9.17) is 0 Å². The number of aryl methyl sites for hydroxylation is 3. The average molecular weight is 285 g/mol. The first-order valence-electron chi connectivity index (χ1n) is 7.98. The lowest BCUT2D eigenvalue weighted by Gasteiger charge is -2.09. The van der Waals surface area contributed by atoms with Gasteiger partial charge in [0, 0.05) is 25.4 Å². The summed E-state index contributed by atoms with van der Waals surface area (Å²) >= 11 is 0. The van der Waals surface area contributed by atoms with Crippen molar-refractivity contribution in [1.82, 2.24) is 15.1 Å². The van der Waals surface area contributed by atoms with Gasteiger partial charge in [0.1, 0.15) is 0 Å². The maximum atomic E-state index is 4.61. The van der Waals surface area contributed by atoms with Crippen LogP contribution in [0.15, 0.2) is 24.4 Å². The van der Waals surface area contributed by atoms with E-state index in [1.807, 2.05) is 11.7 Å². The van der Waals surface area contributed by atoms with Crippen LogP contribution in [-0.2, 0) is 20.0 Å². The van der Waals surface area contributed by atoms with E-state index in [1.54, 1.807) is 0 Å². The molecule has 1 N–H and O–H groups in total. The summed E-state index contributed by atoms with van der Waals surface area (Å²) in [5.41, 5.74) is 6.48. The first kappa shape index (κ1) is 15.8. The normalized spacial score (nSPS) is 11.0. The van der Waals surface area contributed by atoms with Crippen molar-refractivity contribution in [2.75, 3.05) is 6.54 Å². The summed E-state index contributed by atoms with van der Waals surface area (Å²) < 4.78 is 1.93. The molecule has 1 aromatic carbocycles. The Bertz CT molecular complexity index is 584. The number of nitrogens with one attached hydrogen (secondary N) is 1. The van der Waals surface area contributed by atoms with Gasteiger partial charge < -0.3 is 5.32 Å². The van der Waals surface area contributed by atoms with Gasteiger partial charge in [0.2, 0.25) is 0 Å². The second-order valence-corrected chi connectivity index (χ2v) is 5.74. The fraction of sp³-hybridized carbons (Fsp3) is 0.500. The van der Waals surface area contributed by atoms with E-state index in [0.29, 0.717) is 0 Å². The fourth-order valence-corrected chi connectivity index (χ4v) is 2.73. The number of rotatable bonds is 7. The third-order valence-corrected chi connectivity index (χ3v) is 3.73. The van der Waals surface area contributed by atoms with Gasteiger partial charge in [-0.2, -0.15) is 5.10 Å². The van der Waals surface area contributed by atoms with Gasteiger partial charge >= 0.3 is 0 Å². The Balaban J connectivity index is 2.24. The Kier molecular flexibility index (Phi) is 5.57. The highest BCUT2D eigenvalue weighted by molar-refractivity contribution is 5.69. The Hall–Kier alpha value is -1.61. The Morgan fingerprint density at radius 3 is 2.62 bits per heavy atom. The van der Waals surface area contributed by atoms with Crippen molar-refractivity contribution in [3.63, 3.8) is 0 Å². The highest BCUT2D eigenvalue weighted by Gasteiger charge is 2.11. The molecule has 0 aliphatic heterocycles. The van der Waals surface area contributed by atoms with Crippen molar-refractivity contribution in [2.24, 2.45) is 7.05 Å². The van der Waals surface area contributed by atoms with Gasteiger partial charge in [-0.15, -0.1) is 0 Å². The van der Waals surface area contributed by atoms with Gasteiger partial charge in [0.05, 0.1) is 5.69 Å². The van der Waals surface area contributed by atoms with Crippen LogP contribution in [0.1, 0.15) is 43.5 Å². The largest absolute Gasteiger partial charge is 0.313 e. The lowest BCUT2D eigenvalue weighted by atomic mass is 9.97. The summed E-state index contributed by atoms with van der Waals surface area (Å²) in [5.74, 6) is 0. The summed E-state index contributed by atoms with van der Waals surface area (Å²) in [5, 5.41) is 8.06. The second-order valence-electron chi connectivity index (χ2n) is 5.74. The third-order valence-electron chi connectivity index (χ3n) is 3.73. The molecular formula is C18H27N3. The van der Waals surface area contributed by atoms with Crippen LogP contribution in [0.25, 0.3) is 11.1 Å². The molecule has 0 amide bonds. The number of aromatic nitrogens is 2. The molecule has 0 atom stereocenters. The molecule has 0 bridgehead atoms. The van der Waals surface area contributed by atoms with Gasteiger partial charge in [-0.3, -0.25) is 4.68 Å². The van der Waals surface area contributed by atoms with Crippen LogP contribution < -0.4 is 5.32 Å². The zero-order chi connectivity index (χ0) is 15.2. The SMILES string of the molecule is CCCNCc1ccc(-c2cn(C)nc2CCC)c(C)c1. The summed E-state index contributed by atoms with van der Waals surface area (Å²) in [6.07, 6.45) is 5.48. The fourth-order valence-electron chi connectivity index (χ4n) is 2.73. The minimum absolute atomic E-state index is 0.948. The number of benzene rings is 1. The predicted octanol–water partition coefficient (Wildman–Crippen LogP) is 3.85. The predicted molar refractivity (Wildman–Crippen MR) is 89.4 cm³/mol. The minimum Gasteiger partial charge on any atom is -0.313 e. The van der Waals surface area contributed by atoms with Crippen molar-refractivity contribution in [3.05, 3.63) is 41.2 Å². The number of hydrogen-bond acceptors (Lipinski definition) is 2. The minimum atomic E-state index is 0.948. The molecule has 0 aliphatic carbocycles. The molecule has 0 saturated carbocycles. The molecule has 0 unspecified atom stereocenters. The van der Waals surface area contributed by atoms with Gasteiger partial charge in [-0.05, 0) is 43.0 Å². The van der Waals surface area contributed by atoms with Gasteiger partial charge in [0.15, 0.2) is 0 Å². The van der Waals surface area contributed by atoms with Gasteiger partial charge in [-0.1, -0.05) is 38.5 Å². The molecule has 3 nitrogen and oxygen atoms in total. The van der Waals surface area contributed by atoms with Crippen LogP contribution in [0.3, 0.4) is 0 Å². The first-order chi connectivity index (χ1) is 10.2. The van der Waals surface area contributed by atoms with E-state index in [2.05, 4.69) is 55.6 Å². The summed E-state index contributed by atoms with van der Waals surface area (Å²) in [7, 11) is 2.00. The summed E-state index contributed by atoms with van der Waals surface area (Å²) in [6, 6.07) is 6.77. The smallest absolute Gasteiger partial charge is 0.0702 e. The molecule has 3 heteroatoms. The molecule has 21 heavy (non-hydrogen) atoms. The van der Waals surface area contributed by atoms with Crippen LogP contribution in [0.5, 0.6) is 0 Å². The van der Waals surface area contributed by atoms with Crippen LogP contribution in [-0.4, -0.2) is 16.3 Å². The maximum absolute atomic E-state index is 4.61. The summed E-state index contributed by atoms with van der Waals surface area (Å²) in [6.45, 7) is 8.61. The highest BCUT2D eigenvalue weighted by atomic mass is 15.2. The van der Waals surface area contributed by atoms with E-state index in [0.717, 1.165) is 25.9 Å². The second kappa shape index (κ2) is 7.41. The molecule has 0 aliphatic rings. The molecule has 1 heterocycles.